The first-order valence-corrected chi connectivity index (χ1v) is 6.27. The average molecular weight is 254 g/mol. The number of allylic oxidation sites excluding steroid dienone is 1. The lowest BCUT2D eigenvalue weighted by atomic mass is 9.72. The molecule has 19 heavy (non-hydrogen) atoms. The highest BCUT2D eigenvalue weighted by Crippen LogP contribution is 2.42. The standard InChI is InChI=1S/C16H18N2O/c1-4-13(3)16(11-17,12-18)15(19-5-2)14-9-7-6-8-10-14/h4,6-10,13,15H,1,5H2,2-3H3. The number of benzene rings is 1. The van der Waals surface area contributed by atoms with Gasteiger partial charge in [0, 0.05) is 12.5 Å². The minimum Gasteiger partial charge on any atom is -0.371 e. The summed E-state index contributed by atoms with van der Waals surface area (Å²) in [7, 11) is 0. The Bertz CT molecular complexity index is 482. The van der Waals surface area contributed by atoms with Crippen LogP contribution in [0.4, 0.5) is 0 Å². The highest BCUT2D eigenvalue weighted by atomic mass is 16.5. The number of rotatable bonds is 6. The minimum absolute atomic E-state index is 0.292. The molecule has 3 heteroatoms. The van der Waals surface area contributed by atoms with E-state index in [1.54, 1.807) is 6.08 Å². The van der Waals surface area contributed by atoms with Crippen LogP contribution in [0.3, 0.4) is 0 Å². The van der Waals surface area contributed by atoms with Crippen molar-refractivity contribution >= 4 is 0 Å². The fourth-order valence-electron chi connectivity index (χ4n) is 2.06. The van der Waals surface area contributed by atoms with Crippen LogP contribution in [-0.2, 0) is 4.74 Å². The lowest BCUT2D eigenvalue weighted by Crippen LogP contribution is -2.33. The summed E-state index contributed by atoms with van der Waals surface area (Å²) in [5.41, 5.74) is -0.430. The van der Waals surface area contributed by atoms with Crippen LogP contribution in [0.5, 0.6) is 0 Å². The second kappa shape index (κ2) is 6.73. The van der Waals surface area contributed by atoms with Gasteiger partial charge in [-0.1, -0.05) is 43.3 Å². The Labute approximate surface area is 114 Å². The van der Waals surface area contributed by atoms with Crippen LogP contribution in [0.15, 0.2) is 43.0 Å². The molecule has 0 spiro atoms. The quantitative estimate of drug-likeness (QED) is 0.728. The molecule has 0 saturated carbocycles. The summed E-state index contributed by atoms with van der Waals surface area (Å²) in [6.07, 6.45) is 1.04. The third kappa shape index (κ3) is 2.84. The van der Waals surface area contributed by atoms with Crippen LogP contribution in [0.2, 0.25) is 0 Å². The molecule has 98 valence electrons. The molecule has 1 aromatic carbocycles. The topological polar surface area (TPSA) is 56.8 Å². The van der Waals surface area contributed by atoms with Crippen LogP contribution in [0.25, 0.3) is 0 Å². The van der Waals surface area contributed by atoms with Crippen LogP contribution in [0, 0.1) is 34.0 Å². The Morgan fingerprint density at radius 2 is 1.89 bits per heavy atom. The fourth-order valence-corrected chi connectivity index (χ4v) is 2.06. The Morgan fingerprint density at radius 3 is 2.32 bits per heavy atom. The van der Waals surface area contributed by atoms with Crippen molar-refractivity contribution in [2.24, 2.45) is 11.3 Å². The van der Waals surface area contributed by atoms with Crippen molar-refractivity contribution < 1.29 is 4.74 Å². The van der Waals surface area contributed by atoms with Crippen molar-refractivity contribution in [1.82, 2.24) is 0 Å². The maximum atomic E-state index is 9.54. The van der Waals surface area contributed by atoms with Gasteiger partial charge in [0.25, 0.3) is 0 Å². The van der Waals surface area contributed by atoms with E-state index in [1.165, 1.54) is 0 Å². The van der Waals surface area contributed by atoms with E-state index in [0.29, 0.717) is 6.61 Å². The number of nitrogens with zero attached hydrogens (tertiary/aromatic N) is 2. The maximum Gasteiger partial charge on any atom is 0.179 e. The molecule has 0 saturated heterocycles. The van der Waals surface area contributed by atoms with Crippen LogP contribution in [-0.4, -0.2) is 6.61 Å². The molecule has 0 heterocycles. The average Bonchev–Trinajstić information content (AvgIpc) is 2.48. The monoisotopic (exact) mass is 254 g/mol. The molecule has 0 amide bonds. The summed E-state index contributed by atoms with van der Waals surface area (Å²) in [5, 5.41) is 19.1. The van der Waals surface area contributed by atoms with E-state index in [4.69, 9.17) is 4.74 Å². The summed E-state index contributed by atoms with van der Waals surface area (Å²) in [6.45, 7) is 7.81. The van der Waals surface area contributed by atoms with Gasteiger partial charge in [-0.2, -0.15) is 10.5 Å². The van der Waals surface area contributed by atoms with Crippen LogP contribution in [0.1, 0.15) is 25.5 Å². The molecule has 2 atom stereocenters. The minimum atomic E-state index is -1.26. The maximum absolute atomic E-state index is 9.54. The van der Waals surface area contributed by atoms with E-state index >= 15 is 0 Å². The van der Waals surface area contributed by atoms with E-state index in [-0.39, 0.29) is 5.92 Å². The third-order valence-corrected chi connectivity index (χ3v) is 3.29. The normalized spacial score (nSPS) is 13.9. The molecule has 3 nitrogen and oxygen atoms in total. The Kier molecular flexibility index (Phi) is 5.30. The van der Waals surface area contributed by atoms with Crippen molar-refractivity contribution in [2.45, 2.75) is 20.0 Å². The molecule has 0 fully saturated rings. The van der Waals surface area contributed by atoms with Gasteiger partial charge in [0.15, 0.2) is 5.41 Å². The third-order valence-electron chi connectivity index (χ3n) is 3.29. The zero-order valence-electron chi connectivity index (χ0n) is 11.3. The van der Waals surface area contributed by atoms with Gasteiger partial charge in [0.2, 0.25) is 0 Å². The SMILES string of the molecule is C=CC(C)C(C#N)(C#N)C(OCC)c1ccccc1. The predicted octanol–water partition coefficient (Wildman–Crippen LogP) is 3.62. The zero-order valence-corrected chi connectivity index (χ0v) is 11.3. The molecule has 0 bridgehead atoms. The summed E-state index contributed by atoms with van der Waals surface area (Å²) < 4.78 is 5.71. The highest BCUT2D eigenvalue weighted by Gasteiger charge is 2.45. The summed E-state index contributed by atoms with van der Waals surface area (Å²) >= 11 is 0. The molecular formula is C16H18N2O. The molecule has 0 aliphatic rings. The van der Waals surface area contributed by atoms with Crippen molar-refractivity contribution in [3.05, 3.63) is 48.6 Å². The van der Waals surface area contributed by atoms with Gasteiger partial charge in [-0.05, 0) is 12.5 Å². The highest BCUT2D eigenvalue weighted by molar-refractivity contribution is 5.30. The lowest BCUT2D eigenvalue weighted by molar-refractivity contribution is -0.00261. The summed E-state index contributed by atoms with van der Waals surface area (Å²) in [5.74, 6) is -0.292. The van der Waals surface area contributed by atoms with E-state index in [1.807, 2.05) is 44.2 Å². The van der Waals surface area contributed by atoms with Crippen LogP contribution < -0.4 is 0 Å². The first-order valence-electron chi connectivity index (χ1n) is 6.27. The van der Waals surface area contributed by atoms with Crippen molar-refractivity contribution in [3.63, 3.8) is 0 Å². The van der Waals surface area contributed by atoms with Gasteiger partial charge in [-0.25, -0.2) is 0 Å². The Morgan fingerprint density at radius 1 is 1.32 bits per heavy atom. The van der Waals surface area contributed by atoms with E-state index < -0.39 is 11.5 Å². The van der Waals surface area contributed by atoms with Gasteiger partial charge in [0.05, 0.1) is 12.1 Å². The van der Waals surface area contributed by atoms with Crippen molar-refractivity contribution in [3.8, 4) is 12.1 Å². The molecule has 0 aliphatic carbocycles. The van der Waals surface area contributed by atoms with Gasteiger partial charge in [0.1, 0.15) is 6.10 Å². The molecule has 2 unspecified atom stereocenters. The lowest BCUT2D eigenvalue weighted by Gasteiger charge is -2.32. The predicted molar refractivity (Wildman–Crippen MR) is 73.8 cm³/mol. The number of hydrogen-bond acceptors (Lipinski definition) is 3. The number of hydrogen-bond donors (Lipinski definition) is 0. The molecule has 0 aliphatic heterocycles. The largest absolute Gasteiger partial charge is 0.371 e. The molecule has 1 aromatic rings. The number of ether oxygens (including phenoxy) is 1. The van der Waals surface area contributed by atoms with Gasteiger partial charge in [-0.3, -0.25) is 0 Å². The fraction of sp³-hybridized carbons (Fsp3) is 0.375. The van der Waals surface area contributed by atoms with Crippen molar-refractivity contribution in [1.29, 1.82) is 10.5 Å². The van der Waals surface area contributed by atoms with E-state index in [9.17, 15) is 10.5 Å². The number of nitriles is 2. The molecule has 0 radical (unpaired) electrons. The molecule has 1 rings (SSSR count). The van der Waals surface area contributed by atoms with Gasteiger partial charge in [-0.15, -0.1) is 6.58 Å². The van der Waals surface area contributed by atoms with Gasteiger partial charge < -0.3 is 4.74 Å². The molecule has 0 aromatic heterocycles. The summed E-state index contributed by atoms with van der Waals surface area (Å²) in [4.78, 5) is 0. The summed E-state index contributed by atoms with van der Waals surface area (Å²) in [6, 6.07) is 13.7. The van der Waals surface area contributed by atoms with Gasteiger partial charge >= 0.3 is 0 Å². The van der Waals surface area contributed by atoms with E-state index in [0.717, 1.165) is 5.56 Å². The smallest absolute Gasteiger partial charge is 0.179 e. The molecular weight excluding hydrogens is 236 g/mol. The van der Waals surface area contributed by atoms with Crippen LogP contribution >= 0.6 is 0 Å². The second-order valence-electron chi connectivity index (χ2n) is 4.36. The molecule has 0 N–H and O–H groups in total. The second-order valence-corrected chi connectivity index (χ2v) is 4.36. The van der Waals surface area contributed by atoms with E-state index in [2.05, 4.69) is 18.7 Å². The van der Waals surface area contributed by atoms with Crippen molar-refractivity contribution in [2.75, 3.05) is 6.61 Å². The zero-order chi connectivity index (χ0) is 14.3. The first-order chi connectivity index (χ1) is 9.16. The Hall–Kier alpha value is -2.10. The Balaban J connectivity index is 3.34. The first kappa shape index (κ1) is 15.0.